The molecule has 1 aliphatic heterocycles. The normalized spacial score (nSPS) is 18.2. The fraction of sp³-hybridized carbons (Fsp3) is 0.333. The number of pyridine rings is 1. The lowest BCUT2D eigenvalue weighted by atomic mass is 9.78. The lowest BCUT2D eigenvalue weighted by Gasteiger charge is -2.39. The molecule has 1 aromatic carbocycles. The van der Waals surface area contributed by atoms with E-state index >= 15 is 0 Å². The maximum absolute atomic E-state index is 11.1. The van der Waals surface area contributed by atoms with Gasteiger partial charge in [-0.25, -0.2) is 9.78 Å². The molecular weight excluding hydrogens is 308 g/mol. The summed E-state index contributed by atoms with van der Waals surface area (Å²) in [5.74, 6) is 1.25. The molecule has 1 unspecified atom stereocenters. The Kier molecular flexibility index (Phi) is 4.05. The van der Waals surface area contributed by atoms with E-state index in [1.165, 1.54) is 0 Å². The predicted octanol–water partition coefficient (Wildman–Crippen LogP) is 3.48. The number of amides is 1. The molecule has 2 aromatic rings. The minimum atomic E-state index is -1.04. The van der Waals surface area contributed by atoms with Crippen molar-refractivity contribution in [1.29, 1.82) is 0 Å². The third-order valence-corrected chi connectivity index (χ3v) is 4.25. The lowest BCUT2D eigenvalue weighted by molar-refractivity contribution is 0.0996. The van der Waals surface area contributed by atoms with Crippen LogP contribution in [0.1, 0.15) is 25.5 Å². The molecule has 24 heavy (non-hydrogen) atoms. The van der Waals surface area contributed by atoms with E-state index in [0.717, 1.165) is 16.7 Å². The molecule has 1 amide bonds. The molecule has 6 nitrogen and oxygen atoms in total. The van der Waals surface area contributed by atoms with Crippen molar-refractivity contribution in [2.75, 3.05) is 13.7 Å². The fourth-order valence-electron chi connectivity index (χ4n) is 2.91. The number of fused-ring (bicyclic) bond motifs is 1. The summed E-state index contributed by atoms with van der Waals surface area (Å²) in [5, 5.41) is 11.7. The van der Waals surface area contributed by atoms with Crippen LogP contribution in [0, 0.1) is 5.41 Å². The first-order valence-electron chi connectivity index (χ1n) is 7.67. The van der Waals surface area contributed by atoms with Crippen LogP contribution in [0.25, 0.3) is 11.1 Å². The highest BCUT2D eigenvalue weighted by Crippen LogP contribution is 2.44. The molecule has 0 saturated carbocycles. The molecule has 0 aliphatic carbocycles. The number of aromatic nitrogens is 1. The van der Waals surface area contributed by atoms with Crippen LogP contribution in [0.5, 0.6) is 11.6 Å². The zero-order valence-corrected chi connectivity index (χ0v) is 13.9. The first-order chi connectivity index (χ1) is 11.4. The average Bonchev–Trinajstić information content (AvgIpc) is 2.57. The third-order valence-electron chi connectivity index (χ3n) is 4.25. The average molecular weight is 328 g/mol. The maximum Gasteiger partial charge on any atom is 0.405 e. The minimum Gasteiger partial charge on any atom is -0.493 e. The van der Waals surface area contributed by atoms with Crippen LogP contribution in [0.15, 0.2) is 36.5 Å². The van der Waals surface area contributed by atoms with Crippen molar-refractivity contribution in [1.82, 2.24) is 10.3 Å². The zero-order chi connectivity index (χ0) is 17.3. The van der Waals surface area contributed by atoms with Crippen LogP contribution in [-0.2, 0) is 0 Å². The summed E-state index contributed by atoms with van der Waals surface area (Å²) in [6.07, 6.45) is 0.699. The number of hydrogen-bond acceptors (Lipinski definition) is 4. The first-order valence-corrected chi connectivity index (χ1v) is 7.67. The SMILES string of the molecule is COc1ccc(-c2ccc3c(c2)OCC(C)(C)C3NC(=O)O)cn1. The van der Waals surface area contributed by atoms with Crippen molar-refractivity contribution in [3.8, 4) is 22.8 Å². The second-order valence-corrected chi connectivity index (χ2v) is 6.50. The summed E-state index contributed by atoms with van der Waals surface area (Å²) in [7, 11) is 1.58. The molecule has 0 radical (unpaired) electrons. The summed E-state index contributed by atoms with van der Waals surface area (Å²) in [4.78, 5) is 15.4. The van der Waals surface area contributed by atoms with Gasteiger partial charge in [0.2, 0.25) is 5.88 Å². The monoisotopic (exact) mass is 328 g/mol. The van der Waals surface area contributed by atoms with Crippen molar-refractivity contribution in [2.24, 2.45) is 5.41 Å². The van der Waals surface area contributed by atoms with Gasteiger partial charge in [-0.3, -0.25) is 0 Å². The molecule has 2 heterocycles. The smallest absolute Gasteiger partial charge is 0.405 e. The number of hydrogen-bond donors (Lipinski definition) is 2. The zero-order valence-electron chi connectivity index (χ0n) is 13.9. The van der Waals surface area contributed by atoms with Gasteiger partial charge in [-0.15, -0.1) is 0 Å². The third kappa shape index (κ3) is 2.99. The number of nitrogens with one attached hydrogen (secondary N) is 1. The van der Waals surface area contributed by atoms with Crippen molar-refractivity contribution >= 4 is 6.09 Å². The van der Waals surface area contributed by atoms with E-state index in [1.54, 1.807) is 19.4 Å². The van der Waals surface area contributed by atoms with Crippen LogP contribution in [0.4, 0.5) is 4.79 Å². The number of ether oxygens (including phenoxy) is 2. The minimum absolute atomic E-state index is 0.318. The summed E-state index contributed by atoms with van der Waals surface area (Å²) in [6.45, 7) is 4.41. The molecule has 0 saturated heterocycles. The van der Waals surface area contributed by atoms with Crippen LogP contribution < -0.4 is 14.8 Å². The van der Waals surface area contributed by atoms with Crippen LogP contribution in [0.3, 0.4) is 0 Å². The van der Waals surface area contributed by atoms with E-state index < -0.39 is 6.09 Å². The van der Waals surface area contributed by atoms with E-state index in [0.29, 0.717) is 18.2 Å². The summed E-state index contributed by atoms with van der Waals surface area (Å²) in [5.41, 5.74) is 2.42. The Hall–Kier alpha value is -2.76. The standard InChI is InChI=1S/C18H20N2O4/c1-18(2)10-24-14-8-11(12-5-7-15(23-3)19-9-12)4-6-13(14)16(18)20-17(21)22/h4-9,16,20H,10H2,1-3H3,(H,21,22). The fourth-order valence-corrected chi connectivity index (χ4v) is 2.91. The first kappa shape index (κ1) is 16.1. The van der Waals surface area contributed by atoms with E-state index in [1.807, 2.05) is 38.1 Å². The lowest BCUT2D eigenvalue weighted by Crippen LogP contribution is -2.43. The number of methoxy groups -OCH3 is 1. The largest absolute Gasteiger partial charge is 0.493 e. The van der Waals surface area contributed by atoms with Crippen molar-refractivity contribution in [3.63, 3.8) is 0 Å². The Bertz CT molecular complexity index is 756. The Labute approximate surface area is 140 Å². The Balaban J connectivity index is 1.97. The Morgan fingerprint density at radius 1 is 1.33 bits per heavy atom. The summed E-state index contributed by atoms with van der Waals surface area (Å²) < 4.78 is 10.9. The Morgan fingerprint density at radius 2 is 2.08 bits per heavy atom. The van der Waals surface area contributed by atoms with Gasteiger partial charge < -0.3 is 19.9 Å². The van der Waals surface area contributed by atoms with Gasteiger partial charge in [0.25, 0.3) is 0 Å². The van der Waals surface area contributed by atoms with Crippen molar-refractivity contribution in [3.05, 3.63) is 42.1 Å². The number of carbonyl (C=O) groups is 1. The molecule has 2 N–H and O–H groups in total. The second kappa shape index (κ2) is 6.03. The number of nitrogens with zero attached hydrogens (tertiary/aromatic N) is 1. The van der Waals surface area contributed by atoms with Gasteiger partial charge >= 0.3 is 6.09 Å². The number of carboxylic acid groups (broad SMARTS) is 1. The molecule has 1 atom stereocenters. The number of rotatable bonds is 3. The van der Waals surface area contributed by atoms with Crippen LogP contribution in [0.2, 0.25) is 0 Å². The maximum atomic E-state index is 11.1. The number of benzene rings is 1. The highest BCUT2D eigenvalue weighted by atomic mass is 16.5. The van der Waals surface area contributed by atoms with Crippen LogP contribution in [-0.4, -0.2) is 29.9 Å². The van der Waals surface area contributed by atoms with Gasteiger partial charge in [0.05, 0.1) is 19.8 Å². The topological polar surface area (TPSA) is 80.7 Å². The van der Waals surface area contributed by atoms with Gasteiger partial charge in [0.15, 0.2) is 0 Å². The molecule has 6 heteroatoms. The molecular formula is C18H20N2O4. The molecule has 0 bridgehead atoms. The van der Waals surface area contributed by atoms with Crippen LogP contribution >= 0.6 is 0 Å². The van der Waals surface area contributed by atoms with Gasteiger partial charge in [-0.1, -0.05) is 26.0 Å². The van der Waals surface area contributed by atoms with E-state index in [-0.39, 0.29) is 11.5 Å². The highest BCUT2D eigenvalue weighted by molar-refractivity contribution is 5.68. The second-order valence-electron chi connectivity index (χ2n) is 6.50. The van der Waals surface area contributed by atoms with Gasteiger partial charge in [-0.05, 0) is 17.7 Å². The van der Waals surface area contributed by atoms with Gasteiger partial charge in [0, 0.05) is 28.8 Å². The van der Waals surface area contributed by atoms with Gasteiger partial charge in [-0.2, -0.15) is 0 Å². The summed E-state index contributed by atoms with van der Waals surface area (Å²) in [6, 6.07) is 9.19. The Morgan fingerprint density at radius 3 is 2.71 bits per heavy atom. The quantitative estimate of drug-likeness (QED) is 0.901. The highest BCUT2D eigenvalue weighted by Gasteiger charge is 2.38. The molecule has 3 rings (SSSR count). The van der Waals surface area contributed by atoms with E-state index in [9.17, 15) is 4.79 Å². The summed E-state index contributed by atoms with van der Waals surface area (Å²) >= 11 is 0. The predicted molar refractivity (Wildman–Crippen MR) is 89.4 cm³/mol. The molecule has 0 spiro atoms. The molecule has 1 aromatic heterocycles. The van der Waals surface area contributed by atoms with Crippen molar-refractivity contribution < 1.29 is 19.4 Å². The molecule has 0 fully saturated rings. The molecule has 1 aliphatic rings. The van der Waals surface area contributed by atoms with E-state index in [4.69, 9.17) is 14.6 Å². The van der Waals surface area contributed by atoms with Gasteiger partial charge in [0.1, 0.15) is 5.75 Å². The van der Waals surface area contributed by atoms with Crippen molar-refractivity contribution in [2.45, 2.75) is 19.9 Å². The molecule has 126 valence electrons. The van der Waals surface area contributed by atoms with E-state index in [2.05, 4.69) is 10.3 Å².